The third kappa shape index (κ3) is 3.20. The van der Waals surface area contributed by atoms with Crippen molar-refractivity contribution in [3.63, 3.8) is 0 Å². The van der Waals surface area contributed by atoms with Crippen LogP contribution in [0, 0.1) is 5.82 Å². The molecule has 1 N–H and O–H groups in total. The number of benzene rings is 2. The second kappa shape index (κ2) is 5.97. The molecule has 1 amide bonds. The lowest BCUT2D eigenvalue weighted by molar-refractivity contribution is 0.102. The normalized spacial score (nSPS) is 10.3. The maximum atomic E-state index is 13.6. The number of amides is 1. The molecule has 0 bridgehead atoms. The van der Waals surface area contributed by atoms with E-state index in [1.54, 1.807) is 12.1 Å². The third-order valence-electron chi connectivity index (χ3n) is 2.81. The average Bonchev–Trinajstić information content (AvgIpc) is 2.39. The van der Waals surface area contributed by atoms with Gasteiger partial charge in [-0.25, -0.2) is 4.39 Å². The summed E-state index contributed by atoms with van der Waals surface area (Å²) in [6.07, 6.45) is 0.938. The van der Waals surface area contributed by atoms with Gasteiger partial charge in [0.15, 0.2) is 0 Å². The van der Waals surface area contributed by atoms with Gasteiger partial charge in [0.25, 0.3) is 5.91 Å². The van der Waals surface area contributed by atoms with Crippen LogP contribution in [0.15, 0.2) is 46.9 Å². The predicted octanol–water partition coefficient (Wildman–Crippen LogP) is 4.40. The summed E-state index contributed by atoms with van der Waals surface area (Å²) < 4.78 is 14.1. The van der Waals surface area contributed by atoms with Crippen LogP contribution in [0.1, 0.15) is 22.8 Å². The van der Waals surface area contributed by atoms with E-state index in [1.165, 1.54) is 11.6 Å². The van der Waals surface area contributed by atoms with Gasteiger partial charge in [-0.3, -0.25) is 4.79 Å². The van der Waals surface area contributed by atoms with E-state index < -0.39 is 11.7 Å². The van der Waals surface area contributed by atoms with Gasteiger partial charge in [0.1, 0.15) is 5.82 Å². The van der Waals surface area contributed by atoms with Crippen LogP contribution in [-0.2, 0) is 6.42 Å². The molecule has 19 heavy (non-hydrogen) atoms. The van der Waals surface area contributed by atoms with Crippen LogP contribution in [-0.4, -0.2) is 5.91 Å². The highest BCUT2D eigenvalue weighted by atomic mass is 79.9. The second-order valence-corrected chi connectivity index (χ2v) is 4.96. The number of hydrogen-bond acceptors (Lipinski definition) is 1. The van der Waals surface area contributed by atoms with Gasteiger partial charge >= 0.3 is 0 Å². The fourth-order valence-electron chi connectivity index (χ4n) is 1.73. The summed E-state index contributed by atoms with van der Waals surface area (Å²) in [6, 6.07) is 11.9. The van der Waals surface area contributed by atoms with Crippen molar-refractivity contribution < 1.29 is 9.18 Å². The first-order valence-corrected chi connectivity index (χ1v) is 6.75. The summed E-state index contributed by atoms with van der Waals surface area (Å²) in [5.41, 5.74) is 1.85. The molecule has 0 heterocycles. The monoisotopic (exact) mass is 321 g/mol. The molecule has 0 aliphatic carbocycles. The van der Waals surface area contributed by atoms with Crippen LogP contribution in [0.25, 0.3) is 0 Å². The van der Waals surface area contributed by atoms with E-state index in [0.29, 0.717) is 10.2 Å². The number of rotatable bonds is 3. The topological polar surface area (TPSA) is 29.1 Å². The quantitative estimate of drug-likeness (QED) is 0.891. The first-order chi connectivity index (χ1) is 9.11. The number of nitrogens with one attached hydrogen (secondary N) is 1. The molecule has 4 heteroatoms. The van der Waals surface area contributed by atoms with Crippen molar-refractivity contribution in [1.29, 1.82) is 0 Å². The van der Waals surface area contributed by atoms with Crippen molar-refractivity contribution in [1.82, 2.24) is 0 Å². The Hall–Kier alpha value is -1.68. The van der Waals surface area contributed by atoms with E-state index in [1.807, 2.05) is 24.3 Å². The van der Waals surface area contributed by atoms with Crippen molar-refractivity contribution in [2.45, 2.75) is 13.3 Å². The van der Waals surface area contributed by atoms with E-state index >= 15 is 0 Å². The molecule has 0 unspecified atom stereocenters. The van der Waals surface area contributed by atoms with Crippen LogP contribution in [0.4, 0.5) is 10.1 Å². The van der Waals surface area contributed by atoms with Crippen LogP contribution in [0.3, 0.4) is 0 Å². The number of halogens is 2. The maximum Gasteiger partial charge on any atom is 0.259 e. The molecule has 2 rings (SSSR count). The van der Waals surface area contributed by atoms with Gasteiger partial charge in [0.05, 0.1) is 5.56 Å². The van der Waals surface area contributed by atoms with Gasteiger partial charge in [-0.1, -0.05) is 25.1 Å². The molecule has 0 aromatic heterocycles. The van der Waals surface area contributed by atoms with Gasteiger partial charge in [-0.05, 0) is 52.2 Å². The Morgan fingerprint density at radius 3 is 2.47 bits per heavy atom. The van der Waals surface area contributed by atoms with Gasteiger partial charge in [0, 0.05) is 10.2 Å². The molecule has 2 aromatic carbocycles. The SMILES string of the molecule is CCc1ccc(NC(=O)c2c(F)cccc2Br)cc1. The van der Waals surface area contributed by atoms with E-state index in [2.05, 4.69) is 28.2 Å². The van der Waals surface area contributed by atoms with Crippen molar-refractivity contribution >= 4 is 27.5 Å². The second-order valence-electron chi connectivity index (χ2n) is 4.10. The molecule has 0 fully saturated rings. The van der Waals surface area contributed by atoms with Gasteiger partial charge < -0.3 is 5.32 Å². The summed E-state index contributed by atoms with van der Waals surface area (Å²) in [7, 11) is 0. The summed E-state index contributed by atoms with van der Waals surface area (Å²) in [5.74, 6) is -1.01. The van der Waals surface area contributed by atoms with Crippen LogP contribution >= 0.6 is 15.9 Å². The van der Waals surface area contributed by atoms with Crippen LogP contribution < -0.4 is 5.32 Å². The predicted molar refractivity (Wildman–Crippen MR) is 77.9 cm³/mol. The summed E-state index contributed by atoms with van der Waals surface area (Å²) in [4.78, 5) is 12.0. The fraction of sp³-hybridized carbons (Fsp3) is 0.133. The average molecular weight is 322 g/mol. The number of carbonyl (C=O) groups is 1. The molecule has 0 radical (unpaired) electrons. The summed E-state index contributed by atoms with van der Waals surface area (Å²) in [6.45, 7) is 2.06. The van der Waals surface area contributed by atoms with Crippen molar-refractivity contribution in [2.75, 3.05) is 5.32 Å². The van der Waals surface area contributed by atoms with Gasteiger partial charge in [-0.15, -0.1) is 0 Å². The zero-order valence-corrected chi connectivity index (χ0v) is 12.0. The highest BCUT2D eigenvalue weighted by Crippen LogP contribution is 2.21. The lowest BCUT2D eigenvalue weighted by Crippen LogP contribution is -2.14. The van der Waals surface area contributed by atoms with Gasteiger partial charge in [0.2, 0.25) is 0 Å². The molecule has 98 valence electrons. The van der Waals surface area contributed by atoms with Crippen molar-refractivity contribution in [3.05, 3.63) is 63.9 Å². The third-order valence-corrected chi connectivity index (χ3v) is 3.47. The van der Waals surface area contributed by atoms with Crippen LogP contribution in [0.2, 0.25) is 0 Å². The number of hydrogen-bond donors (Lipinski definition) is 1. The number of anilines is 1. The standard InChI is InChI=1S/C15H13BrFNO/c1-2-10-6-8-11(9-7-10)18-15(19)14-12(16)4-3-5-13(14)17/h3-9H,2H2,1H3,(H,18,19). The molecule has 2 aromatic rings. The molecule has 0 atom stereocenters. The van der Waals surface area contributed by atoms with E-state index in [9.17, 15) is 9.18 Å². The number of carbonyl (C=O) groups excluding carboxylic acids is 1. The summed E-state index contributed by atoms with van der Waals surface area (Å²) in [5, 5.41) is 2.68. The Balaban J connectivity index is 2.21. The Kier molecular flexibility index (Phi) is 4.32. The molecular formula is C15H13BrFNO. The molecular weight excluding hydrogens is 309 g/mol. The van der Waals surface area contributed by atoms with Crippen molar-refractivity contribution in [3.8, 4) is 0 Å². The fourth-order valence-corrected chi connectivity index (χ4v) is 2.25. The van der Waals surface area contributed by atoms with Gasteiger partial charge in [-0.2, -0.15) is 0 Å². The molecule has 2 nitrogen and oxygen atoms in total. The Morgan fingerprint density at radius 2 is 1.89 bits per heavy atom. The minimum absolute atomic E-state index is 0.0158. The molecule has 0 saturated carbocycles. The van der Waals surface area contributed by atoms with Crippen LogP contribution in [0.5, 0.6) is 0 Å². The Bertz CT molecular complexity index is 575. The zero-order chi connectivity index (χ0) is 13.8. The maximum absolute atomic E-state index is 13.6. The minimum atomic E-state index is -0.544. The highest BCUT2D eigenvalue weighted by Gasteiger charge is 2.15. The minimum Gasteiger partial charge on any atom is -0.322 e. The lowest BCUT2D eigenvalue weighted by atomic mass is 10.1. The Morgan fingerprint density at radius 1 is 1.21 bits per heavy atom. The molecule has 0 saturated heterocycles. The first-order valence-electron chi connectivity index (χ1n) is 5.96. The van der Waals surface area contributed by atoms with E-state index in [0.717, 1.165) is 6.42 Å². The highest BCUT2D eigenvalue weighted by molar-refractivity contribution is 9.10. The Labute approximate surface area is 119 Å². The van der Waals surface area contributed by atoms with Crippen molar-refractivity contribution in [2.24, 2.45) is 0 Å². The summed E-state index contributed by atoms with van der Waals surface area (Å²) >= 11 is 3.18. The first kappa shape index (κ1) is 13.7. The number of aryl methyl sites for hydroxylation is 1. The van der Waals surface area contributed by atoms with E-state index in [-0.39, 0.29) is 5.56 Å². The molecule has 0 aliphatic heterocycles. The largest absolute Gasteiger partial charge is 0.322 e. The van der Waals surface area contributed by atoms with E-state index in [4.69, 9.17) is 0 Å². The molecule has 0 spiro atoms. The molecule has 0 aliphatic rings. The smallest absolute Gasteiger partial charge is 0.259 e. The zero-order valence-electron chi connectivity index (χ0n) is 10.4. The lowest BCUT2D eigenvalue weighted by Gasteiger charge is -2.08.